The topological polar surface area (TPSA) is 58.6 Å². The highest BCUT2D eigenvalue weighted by molar-refractivity contribution is 6.37. The Bertz CT molecular complexity index is 359. The first-order chi connectivity index (χ1) is 7.04. The van der Waals surface area contributed by atoms with Gasteiger partial charge < -0.3 is 9.84 Å². The van der Waals surface area contributed by atoms with Crippen LogP contribution < -0.4 is 10.1 Å². The highest BCUT2D eigenvalue weighted by Gasteiger charge is 2.10. The van der Waals surface area contributed by atoms with Crippen LogP contribution in [0.25, 0.3) is 0 Å². The first kappa shape index (κ1) is 11.9. The molecule has 0 aliphatic rings. The van der Waals surface area contributed by atoms with E-state index in [1.807, 2.05) is 0 Å². The zero-order valence-corrected chi connectivity index (χ0v) is 9.39. The summed E-state index contributed by atoms with van der Waals surface area (Å²) < 4.78 is 5.19. The summed E-state index contributed by atoms with van der Waals surface area (Å²) in [5.41, 5.74) is 0.306. The van der Waals surface area contributed by atoms with Crippen LogP contribution in [0.1, 0.15) is 6.92 Å². The molecule has 6 heteroatoms. The van der Waals surface area contributed by atoms with Crippen LogP contribution in [-0.2, 0) is 0 Å². The van der Waals surface area contributed by atoms with E-state index in [1.54, 1.807) is 6.92 Å². The lowest BCUT2D eigenvalue weighted by Crippen LogP contribution is -2.07. The van der Waals surface area contributed by atoms with Crippen LogP contribution in [0, 0.1) is 0 Å². The molecule has 0 radical (unpaired) electrons. The normalized spacial score (nSPS) is 9.80. The van der Waals surface area contributed by atoms with E-state index >= 15 is 0 Å². The van der Waals surface area contributed by atoms with Gasteiger partial charge in [-0.1, -0.05) is 23.2 Å². The molecule has 1 amide bonds. The van der Waals surface area contributed by atoms with Gasteiger partial charge in [-0.15, -0.1) is 0 Å². The Labute approximate surface area is 96.8 Å². The summed E-state index contributed by atoms with van der Waals surface area (Å²) in [6, 6.07) is 2.87. The highest BCUT2D eigenvalue weighted by atomic mass is 35.5. The molecule has 0 bridgehead atoms. The maximum absolute atomic E-state index is 10.4. The van der Waals surface area contributed by atoms with Crippen molar-refractivity contribution in [3.63, 3.8) is 0 Å². The molecule has 0 aliphatic heterocycles. The lowest BCUT2D eigenvalue weighted by molar-refractivity contribution is 0.209. The van der Waals surface area contributed by atoms with E-state index in [0.29, 0.717) is 18.0 Å². The molecule has 0 aromatic heterocycles. The van der Waals surface area contributed by atoms with Gasteiger partial charge in [-0.05, 0) is 19.1 Å². The van der Waals surface area contributed by atoms with E-state index in [9.17, 15) is 4.79 Å². The van der Waals surface area contributed by atoms with Gasteiger partial charge in [-0.3, -0.25) is 5.32 Å². The Hall–Kier alpha value is -1.13. The molecule has 82 valence electrons. The van der Waals surface area contributed by atoms with Crippen molar-refractivity contribution >= 4 is 35.0 Å². The summed E-state index contributed by atoms with van der Waals surface area (Å²) in [6.07, 6.45) is -1.17. The largest absolute Gasteiger partial charge is 0.491 e. The molecule has 0 heterocycles. The molecule has 0 fully saturated rings. The van der Waals surface area contributed by atoms with E-state index in [0.717, 1.165) is 0 Å². The predicted octanol–water partition coefficient (Wildman–Crippen LogP) is 3.48. The first-order valence-corrected chi connectivity index (χ1v) is 4.92. The van der Waals surface area contributed by atoms with E-state index < -0.39 is 6.09 Å². The molecule has 0 aliphatic carbocycles. The second kappa shape index (κ2) is 5.09. The number of ether oxygens (including phenoxy) is 1. The maximum atomic E-state index is 10.4. The fraction of sp³-hybridized carbons (Fsp3) is 0.222. The number of hydrogen-bond acceptors (Lipinski definition) is 2. The lowest BCUT2D eigenvalue weighted by Gasteiger charge is -2.09. The minimum atomic E-state index is -1.17. The number of hydrogen-bond donors (Lipinski definition) is 2. The van der Waals surface area contributed by atoms with Crippen molar-refractivity contribution in [2.45, 2.75) is 6.92 Å². The minimum absolute atomic E-state index is 0.271. The number of carbonyl (C=O) groups is 1. The summed E-state index contributed by atoms with van der Waals surface area (Å²) in [5.74, 6) is 0.358. The Balaban J connectivity index is 3.02. The predicted molar refractivity (Wildman–Crippen MR) is 59.3 cm³/mol. The molecule has 15 heavy (non-hydrogen) atoms. The van der Waals surface area contributed by atoms with Crippen molar-refractivity contribution in [2.24, 2.45) is 0 Å². The van der Waals surface area contributed by atoms with Gasteiger partial charge in [-0.2, -0.15) is 0 Å². The van der Waals surface area contributed by atoms with Gasteiger partial charge in [0.2, 0.25) is 0 Å². The van der Waals surface area contributed by atoms with Crippen LogP contribution in [-0.4, -0.2) is 17.8 Å². The Morgan fingerprint density at radius 3 is 2.40 bits per heavy atom. The van der Waals surface area contributed by atoms with E-state index in [-0.39, 0.29) is 10.0 Å². The number of halogens is 2. The average Bonchev–Trinajstić information content (AvgIpc) is 2.10. The fourth-order valence-corrected chi connectivity index (χ4v) is 1.63. The SMILES string of the molecule is CCOc1c(Cl)cc(NC(=O)O)cc1Cl. The lowest BCUT2D eigenvalue weighted by atomic mass is 10.3. The quantitative estimate of drug-likeness (QED) is 0.863. The molecule has 1 aromatic carbocycles. The Morgan fingerprint density at radius 2 is 2.00 bits per heavy atom. The van der Waals surface area contributed by atoms with Gasteiger partial charge >= 0.3 is 6.09 Å². The van der Waals surface area contributed by atoms with Crippen molar-refractivity contribution in [1.29, 1.82) is 0 Å². The Kier molecular flexibility index (Phi) is 4.05. The van der Waals surface area contributed by atoms with Crippen molar-refractivity contribution in [1.82, 2.24) is 0 Å². The summed E-state index contributed by atoms with van der Waals surface area (Å²) in [5, 5.41) is 11.2. The fourth-order valence-electron chi connectivity index (χ4n) is 1.04. The summed E-state index contributed by atoms with van der Waals surface area (Å²) >= 11 is 11.7. The Morgan fingerprint density at radius 1 is 1.47 bits per heavy atom. The third-order valence-electron chi connectivity index (χ3n) is 1.54. The molecular formula is C9H9Cl2NO3. The molecule has 1 rings (SSSR count). The first-order valence-electron chi connectivity index (χ1n) is 4.16. The van der Waals surface area contributed by atoms with E-state index in [4.69, 9.17) is 33.0 Å². The van der Waals surface area contributed by atoms with Crippen molar-refractivity contribution in [2.75, 3.05) is 11.9 Å². The van der Waals surface area contributed by atoms with E-state index in [2.05, 4.69) is 5.32 Å². The van der Waals surface area contributed by atoms with Crippen LogP contribution in [0.5, 0.6) is 5.75 Å². The number of rotatable bonds is 3. The zero-order chi connectivity index (χ0) is 11.4. The molecule has 2 N–H and O–H groups in total. The molecule has 0 atom stereocenters. The molecule has 1 aromatic rings. The summed E-state index contributed by atoms with van der Waals surface area (Å²) in [6.45, 7) is 2.24. The van der Waals surface area contributed by atoms with Crippen molar-refractivity contribution in [3.8, 4) is 5.75 Å². The second-order valence-electron chi connectivity index (χ2n) is 2.63. The second-order valence-corrected chi connectivity index (χ2v) is 3.45. The monoisotopic (exact) mass is 249 g/mol. The standard InChI is InChI=1S/C9H9Cl2NO3/c1-2-15-8-6(10)3-5(4-7(8)11)12-9(13)14/h3-4,12H,2H2,1H3,(H,13,14). The zero-order valence-electron chi connectivity index (χ0n) is 7.88. The third-order valence-corrected chi connectivity index (χ3v) is 2.10. The molecule has 0 saturated carbocycles. The molecule has 4 nitrogen and oxygen atoms in total. The van der Waals surface area contributed by atoms with Gasteiger partial charge in [0, 0.05) is 5.69 Å². The van der Waals surface area contributed by atoms with Crippen molar-refractivity contribution in [3.05, 3.63) is 22.2 Å². The van der Waals surface area contributed by atoms with Gasteiger partial charge in [0.15, 0.2) is 5.75 Å². The maximum Gasteiger partial charge on any atom is 0.409 e. The minimum Gasteiger partial charge on any atom is -0.491 e. The van der Waals surface area contributed by atoms with Gasteiger partial charge in [0.05, 0.1) is 16.7 Å². The van der Waals surface area contributed by atoms with Crippen LogP contribution in [0.15, 0.2) is 12.1 Å². The smallest absolute Gasteiger partial charge is 0.409 e. The van der Waals surface area contributed by atoms with Crippen molar-refractivity contribution < 1.29 is 14.6 Å². The van der Waals surface area contributed by atoms with Gasteiger partial charge in [0.25, 0.3) is 0 Å². The number of carboxylic acid groups (broad SMARTS) is 1. The van der Waals surface area contributed by atoms with Gasteiger partial charge in [0.1, 0.15) is 0 Å². The average molecular weight is 250 g/mol. The third kappa shape index (κ3) is 3.18. The van der Waals surface area contributed by atoms with Crippen LogP contribution in [0.2, 0.25) is 10.0 Å². The summed E-state index contributed by atoms with van der Waals surface area (Å²) in [4.78, 5) is 10.4. The number of anilines is 1. The van der Waals surface area contributed by atoms with Gasteiger partial charge in [-0.25, -0.2) is 4.79 Å². The number of nitrogens with one attached hydrogen (secondary N) is 1. The molecular weight excluding hydrogens is 241 g/mol. The molecule has 0 saturated heterocycles. The van der Waals surface area contributed by atoms with Crippen LogP contribution in [0.4, 0.5) is 10.5 Å². The van der Waals surface area contributed by atoms with E-state index in [1.165, 1.54) is 12.1 Å². The molecule has 0 unspecified atom stereocenters. The summed E-state index contributed by atoms with van der Waals surface area (Å²) in [7, 11) is 0. The van der Waals surface area contributed by atoms with Crippen LogP contribution in [0.3, 0.4) is 0 Å². The molecule has 0 spiro atoms. The number of benzene rings is 1. The van der Waals surface area contributed by atoms with Crippen LogP contribution >= 0.6 is 23.2 Å². The number of amides is 1. The highest BCUT2D eigenvalue weighted by Crippen LogP contribution is 2.35.